The number of unbranched alkanes of at least 4 members (excludes halogenated alkanes) is 47. The molecule has 3 N–H and O–H groups in total. The van der Waals surface area contributed by atoms with Crippen molar-refractivity contribution in [3.05, 3.63) is 24.3 Å². The first-order valence-corrected chi connectivity index (χ1v) is 32.1. The van der Waals surface area contributed by atoms with Crippen LogP contribution in [0.2, 0.25) is 0 Å². The highest BCUT2D eigenvalue weighted by atomic mass is 16.5. The fourth-order valence-corrected chi connectivity index (χ4v) is 10.0. The third-order valence-electron chi connectivity index (χ3n) is 15.0. The van der Waals surface area contributed by atoms with Gasteiger partial charge in [-0.3, -0.25) is 9.59 Å². The van der Waals surface area contributed by atoms with E-state index >= 15 is 0 Å². The van der Waals surface area contributed by atoms with Crippen LogP contribution in [0, 0.1) is 0 Å². The number of allylic oxidation sites excluding steroid dienone is 3. The minimum absolute atomic E-state index is 0.0119. The minimum atomic E-state index is -0.839. The number of rotatable bonds is 60. The second-order valence-corrected chi connectivity index (χ2v) is 22.1. The van der Waals surface area contributed by atoms with Gasteiger partial charge < -0.3 is 20.3 Å². The first-order chi connectivity index (χ1) is 35.0. The topological polar surface area (TPSA) is 95.9 Å². The Hall–Kier alpha value is -1.66. The lowest BCUT2D eigenvalue weighted by molar-refractivity contribution is -0.143. The number of amides is 1. The van der Waals surface area contributed by atoms with Crippen molar-refractivity contribution in [2.75, 3.05) is 13.2 Å². The van der Waals surface area contributed by atoms with Crippen molar-refractivity contribution in [3.8, 4) is 0 Å². The summed E-state index contributed by atoms with van der Waals surface area (Å²) in [5.74, 6) is -0.0542. The summed E-state index contributed by atoms with van der Waals surface area (Å²) in [7, 11) is 0. The maximum absolute atomic E-state index is 12.4. The summed E-state index contributed by atoms with van der Waals surface area (Å²) in [6.07, 6.45) is 75.4. The molecule has 0 aromatic heterocycles. The zero-order valence-electron chi connectivity index (χ0n) is 48.0. The molecule has 71 heavy (non-hydrogen) atoms. The van der Waals surface area contributed by atoms with Gasteiger partial charge in [0.2, 0.25) is 5.91 Å². The van der Waals surface area contributed by atoms with Gasteiger partial charge >= 0.3 is 5.97 Å². The number of hydrogen-bond donors (Lipinski definition) is 3. The summed E-state index contributed by atoms with van der Waals surface area (Å²) in [6, 6.07) is -0.622. The van der Waals surface area contributed by atoms with Crippen LogP contribution < -0.4 is 5.32 Å². The molecule has 0 saturated carbocycles. The van der Waals surface area contributed by atoms with Crippen LogP contribution in [-0.4, -0.2) is 47.4 Å². The number of aliphatic hydroxyl groups is 2. The van der Waals surface area contributed by atoms with E-state index in [1.165, 1.54) is 283 Å². The number of carbonyl (C=O) groups is 2. The largest absolute Gasteiger partial charge is 0.466 e. The maximum atomic E-state index is 12.4. The Kier molecular flexibility index (Phi) is 59.5. The van der Waals surface area contributed by atoms with Gasteiger partial charge in [-0.25, -0.2) is 0 Å². The molecule has 2 atom stereocenters. The number of ether oxygens (including phenoxy) is 1. The highest BCUT2D eigenvalue weighted by Gasteiger charge is 2.18. The van der Waals surface area contributed by atoms with E-state index in [-0.39, 0.29) is 18.5 Å². The van der Waals surface area contributed by atoms with Crippen LogP contribution in [0.25, 0.3) is 0 Å². The van der Waals surface area contributed by atoms with Gasteiger partial charge in [0.25, 0.3) is 0 Å². The number of esters is 1. The molecule has 2 unspecified atom stereocenters. The first-order valence-electron chi connectivity index (χ1n) is 32.1. The molecule has 6 heteroatoms. The number of carbonyl (C=O) groups excluding carboxylic acids is 2. The highest BCUT2D eigenvalue weighted by Crippen LogP contribution is 2.18. The van der Waals surface area contributed by atoms with Crippen LogP contribution in [0.3, 0.4) is 0 Å². The Labute approximate surface area is 443 Å². The molecule has 0 aliphatic carbocycles. The molecule has 0 aromatic carbocycles. The van der Waals surface area contributed by atoms with Gasteiger partial charge in [-0.1, -0.05) is 308 Å². The van der Waals surface area contributed by atoms with Crippen molar-refractivity contribution < 1.29 is 24.5 Å². The van der Waals surface area contributed by atoms with Gasteiger partial charge in [0, 0.05) is 12.8 Å². The van der Waals surface area contributed by atoms with Crippen LogP contribution >= 0.6 is 0 Å². The summed E-state index contributed by atoms with van der Waals surface area (Å²) in [5.41, 5.74) is 0. The van der Waals surface area contributed by atoms with E-state index in [4.69, 9.17) is 4.74 Å². The highest BCUT2D eigenvalue weighted by molar-refractivity contribution is 5.76. The Morgan fingerprint density at radius 1 is 0.380 bits per heavy atom. The molecule has 0 radical (unpaired) electrons. The fourth-order valence-electron chi connectivity index (χ4n) is 10.0. The molecule has 0 spiro atoms. The quantitative estimate of drug-likeness (QED) is 0.0320. The van der Waals surface area contributed by atoms with Crippen molar-refractivity contribution in [1.29, 1.82) is 0 Å². The van der Waals surface area contributed by atoms with Gasteiger partial charge in [0.1, 0.15) is 0 Å². The van der Waals surface area contributed by atoms with Crippen molar-refractivity contribution in [1.82, 2.24) is 5.32 Å². The summed E-state index contributed by atoms with van der Waals surface area (Å²) in [5, 5.41) is 23.0. The van der Waals surface area contributed by atoms with Crippen LogP contribution in [0.15, 0.2) is 24.3 Å². The second kappa shape index (κ2) is 60.9. The van der Waals surface area contributed by atoms with E-state index < -0.39 is 12.1 Å². The Morgan fingerprint density at radius 2 is 0.662 bits per heavy atom. The van der Waals surface area contributed by atoms with Crippen molar-refractivity contribution >= 4 is 11.9 Å². The molecule has 6 nitrogen and oxygen atoms in total. The minimum Gasteiger partial charge on any atom is -0.466 e. The molecular formula is C65H125NO5. The summed E-state index contributed by atoms with van der Waals surface area (Å²) in [6.45, 7) is 4.89. The molecule has 0 saturated heterocycles. The summed E-state index contributed by atoms with van der Waals surface area (Å²) < 4.78 is 5.49. The lowest BCUT2D eigenvalue weighted by Crippen LogP contribution is -2.45. The van der Waals surface area contributed by atoms with E-state index in [2.05, 4.69) is 31.3 Å². The molecule has 0 aliphatic rings. The smallest absolute Gasteiger partial charge is 0.305 e. The molecule has 420 valence electrons. The van der Waals surface area contributed by atoms with E-state index in [1.54, 1.807) is 6.08 Å². The fraction of sp³-hybridized carbons (Fsp3) is 0.908. The third-order valence-corrected chi connectivity index (χ3v) is 15.0. The molecule has 0 bridgehead atoms. The summed E-state index contributed by atoms with van der Waals surface area (Å²) in [4.78, 5) is 24.5. The number of hydrogen-bond acceptors (Lipinski definition) is 5. The Balaban J connectivity index is 3.31. The molecular weight excluding hydrogens is 875 g/mol. The van der Waals surface area contributed by atoms with Crippen LogP contribution in [-0.2, 0) is 14.3 Å². The van der Waals surface area contributed by atoms with Gasteiger partial charge in [-0.05, 0) is 57.8 Å². The standard InChI is InChI=1S/C65H125NO5/c1-3-5-7-9-11-13-14-15-16-33-36-39-43-47-51-55-59-65(70)71-60-56-52-48-44-40-37-34-31-29-27-25-23-21-19-17-18-20-22-24-26-28-30-32-35-38-42-46-50-54-58-64(69)66-62(61-67)63(68)57-53-49-45-41-12-10-8-6-4-2/h16,33,53,57,62-63,67-68H,3-15,17-32,34-52,54-56,58-61H2,1-2H3,(H,66,69)/b33-16-,57-53+. The predicted molar refractivity (Wildman–Crippen MR) is 310 cm³/mol. The van der Waals surface area contributed by atoms with E-state index in [0.717, 1.165) is 44.9 Å². The maximum Gasteiger partial charge on any atom is 0.305 e. The number of aliphatic hydroxyl groups excluding tert-OH is 2. The molecule has 0 heterocycles. The molecule has 0 rings (SSSR count). The van der Waals surface area contributed by atoms with Crippen LogP contribution in [0.4, 0.5) is 0 Å². The van der Waals surface area contributed by atoms with Crippen molar-refractivity contribution in [3.63, 3.8) is 0 Å². The van der Waals surface area contributed by atoms with E-state index in [0.29, 0.717) is 19.4 Å². The van der Waals surface area contributed by atoms with E-state index in [9.17, 15) is 19.8 Å². The zero-order valence-corrected chi connectivity index (χ0v) is 48.0. The van der Waals surface area contributed by atoms with Gasteiger partial charge in [0.05, 0.1) is 25.4 Å². The SMILES string of the molecule is CCCCCCCCC/C=C\CCCCCCCC(=O)OCCCCCCCCCCCCCCCCCCCCCCCCCCCCCCCC(=O)NC(CO)C(O)/C=C/CCCCCCCCC. The van der Waals surface area contributed by atoms with E-state index in [1.807, 2.05) is 6.08 Å². The van der Waals surface area contributed by atoms with Crippen molar-refractivity contribution in [2.45, 2.75) is 366 Å². The van der Waals surface area contributed by atoms with Gasteiger partial charge in [-0.2, -0.15) is 0 Å². The molecule has 0 aliphatic heterocycles. The lowest BCUT2D eigenvalue weighted by atomic mass is 10.0. The molecule has 1 amide bonds. The molecule has 0 aromatic rings. The normalized spacial score (nSPS) is 12.7. The average molecular weight is 1000 g/mol. The predicted octanol–water partition coefficient (Wildman–Crippen LogP) is 20.2. The first kappa shape index (κ1) is 69.3. The molecule has 0 fully saturated rings. The number of nitrogens with one attached hydrogen (secondary N) is 1. The Morgan fingerprint density at radius 3 is 1.00 bits per heavy atom. The van der Waals surface area contributed by atoms with Gasteiger partial charge in [0.15, 0.2) is 0 Å². The third kappa shape index (κ3) is 57.5. The monoisotopic (exact) mass is 1000 g/mol. The lowest BCUT2D eigenvalue weighted by Gasteiger charge is -2.20. The Bertz CT molecular complexity index is 1110. The van der Waals surface area contributed by atoms with Gasteiger partial charge in [-0.15, -0.1) is 0 Å². The second-order valence-electron chi connectivity index (χ2n) is 22.1. The van der Waals surface area contributed by atoms with Crippen LogP contribution in [0.1, 0.15) is 354 Å². The zero-order chi connectivity index (χ0) is 51.4. The van der Waals surface area contributed by atoms with Crippen molar-refractivity contribution in [2.24, 2.45) is 0 Å². The van der Waals surface area contributed by atoms with Crippen LogP contribution in [0.5, 0.6) is 0 Å². The summed E-state index contributed by atoms with van der Waals surface area (Å²) >= 11 is 0. The average Bonchev–Trinajstić information content (AvgIpc) is 3.37.